The molecule has 15 heteroatoms. The van der Waals surface area contributed by atoms with Gasteiger partial charge in [0, 0.05) is 54.4 Å². The van der Waals surface area contributed by atoms with Crippen molar-refractivity contribution in [2.45, 2.75) is 166 Å². The maximum Gasteiger partial charge on any atom is 0.314 e. The summed E-state index contributed by atoms with van der Waals surface area (Å²) in [5.41, 5.74) is 8.76. The van der Waals surface area contributed by atoms with E-state index in [-0.39, 0.29) is 110 Å². The highest BCUT2D eigenvalue weighted by molar-refractivity contribution is 6.00. The number of aliphatic hydroxyl groups excluding tert-OH is 4. The summed E-state index contributed by atoms with van der Waals surface area (Å²) < 4.78 is 6.34. The lowest BCUT2D eigenvalue weighted by molar-refractivity contribution is -0.190. The molecule has 15 nitrogen and oxygen atoms in total. The van der Waals surface area contributed by atoms with Crippen LogP contribution in [0.2, 0.25) is 0 Å². The fourth-order valence-corrected chi connectivity index (χ4v) is 18.3. The first-order valence-corrected chi connectivity index (χ1v) is 28.0. The number of aliphatic hydroxyl groups is 6. The summed E-state index contributed by atoms with van der Waals surface area (Å²) in [6.07, 6.45) is 12.2. The number of aliphatic imine (C=N–C) groups is 1. The maximum absolute atomic E-state index is 15.3. The molecule has 74 heavy (non-hydrogen) atoms. The van der Waals surface area contributed by atoms with Gasteiger partial charge in [0.2, 0.25) is 0 Å². The zero-order valence-electron chi connectivity index (χ0n) is 44.3. The Balaban J connectivity index is 1.18. The second-order valence-electron chi connectivity index (χ2n) is 25.4. The first-order valence-electron chi connectivity index (χ1n) is 28.0. The highest BCUT2D eigenvalue weighted by atomic mass is 16.6. The number of Topliss-reactive ketones (excluding diaryl/α,β-unsaturated/α-hetero) is 2. The van der Waals surface area contributed by atoms with Gasteiger partial charge in [-0.15, -0.1) is 5.92 Å². The van der Waals surface area contributed by atoms with E-state index in [0.29, 0.717) is 30.8 Å². The number of carbonyl (C=O) groups is 3. The lowest BCUT2D eigenvalue weighted by Crippen LogP contribution is -2.66. The van der Waals surface area contributed by atoms with Crippen LogP contribution in [0.15, 0.2) is 58.5 Å². The molecule has 0 radical (unpaired) electrons. The zero-order chi connectivity index (χ0) is 53.0. The van der Waals surface area contributed by atoms with Gasteiger partial charge in [0.25, 0.3) is 0 Å². The number of aromatic amines is 1. The molecule has 23 unspecified atom stereocenters. The largest absolute Gasteiger partial charge is 0.462 e. The Morgan fingerprint density at radius 3 is 2.47 bits per heavy atom. The van der Waals surface area contributed by atoms with Crippen LogP contribution in [0.25, 0.3) is 0 Å². The fourth-order valence-electron chi connectivity index (χ4n) is 18.3. The number of ketones is 2. The highest BCUT2D eigenvalue weighted by Gasteiger charge is 2.74. The molecule has 0 spiro atoms. The molecule has 10 rings (SSSR count). The molecule has 23 atom stereocenters. The van der Waals surface area contributed by atoms with Crippen molar-refractivity contribution in [3.05, 3.63) is 59.1 Å². The average Bonchev–Trinajstić information content (AvgIpc) is 4.06. The van der Waals surface area contributed by atoms with Crippen molar-refractivity contribution in [1.29, 1.82) is 0 Å². The predicted molar refractivity (Wildman–Crippen MR) is 278 cm³/mol. The van der Waals surface area contributed by atoms with Crippen LogP contribution in [-0.4, -0.2) is 114 Å². The SMILES string of the molecule is CCC1OC(=O)C(c2cc[nH]c2)C1C1C#CCC2CC3(O)C4=C(NC(CO)C(C)=O)C(=O)C5CC(O)C(O)CC5(C)C4CCC3(CCN=C(N)N)C2C(C)(O)C(O)CC(C)C2C3C=CC1C2C1CC(C)CCC1=C3. The molecular weight excluding hydrogens is 939 g/mol. The summed E-state index contributed by atoms with van der Waals surface area (Å²) in [5, 5.41) is 77.3. The van der Waals surface area contributed by atoms with Gasteiger partial charge in [-0.3, -0.25) is 19.4 Å². The molecule has 404 valence electrons. The summed E-state index contributed by atoms with van der Waals surface area (Å²) >= 11 is 0. The van der Waals surface area contributed by atoms with E-state index in [0.717, 1.165) is 24.8 Å². The first kappa shape index (κ1) is 53.1. The quantitative estimate of drug-likeness (QED) is 0.0507. The number of nitrogens with two attached hydrogens (primary N) is 2. The standard InChI is InChI=1S/C59H83N5O10/c1-7-44-49(47(54(71)74-44)35-16-19-62-27-35)36-10-8-9-34-25-59(73)50-39(56(5)26-43(68)42(67)24-40(56)52(70)51(50)64-41(28-65)31(4)66)15-17-58(59,18-20-63-55(60)61)53(34)57(6,72)45(69)22-30(3)46-33-13-14-37(36)48(46)38-21-29(2)11-12-32(38)23-33/h13-14,16,19,23,27,29-30,33-34,36-49,53,62,64-65,67-69,72-73H,7,9,11-12,15,17-18,20-22,24-26,28H2,1-6H3,(H4,60,61,63). The lowest BCUT2D eigenvalue weighted by atomic mass is 9.44. The number of cyclic esters (lactones) is 1. The third-order valence-electron chi connectivity index (χ3n) is 21.5. The van der Waals surface area contributed by atoms with Crippen LogP contribution in [0, 0.1) is 99.6 Å². The van der Waals surface area contributed by atoms with Crippen LogP contribution in [0.1, 0.15) is 130 Å². The number of guanidine groups is 1. The minimum atomic E-state index is -1.91. The number of fused-ring (bicyclic) bond motifs is 8. The predicted octanol–water partition coefficient (Wildman–Crippen LogP) is 4.56. The molecule has 1 aromatic heterocycles. The Kier molecular flexibility index (Phi) is 14.1. The van der Waals surface area contributed by atoms with E-state index in [1.54, 1.807) is 6.92 Å². The van der Waals surface area contributed by atoms with Crippen LogP contribution < -0.4 is 16.8 Å². The number of nitrogens with zero attached hydrogens (tertiary/aromatic N) is 1. The van der Waals surface area contributed by atoms with Crippen LogP contribution in [0.5, 0.6) is 0 Å². The molecule has 1 saturated heterocycles. The Hall–Kier alpha value is -4.30. The minimum Gasteiger partial charge on any atom is -0.462 e. The van der Waals surface area contributed by atoms with E-state index in [2.05, 4.69) is 66.1 Å². The molecule has 0 aromatic carbocycles. The molecule has 2 heterocycles. The van der Waals surface area contributed by atoms with E-state index >= 15 is 4.79 Å². The Bertz CT molecular complexity index is 2540. The van der Waals surface area contributed by atoms with E-state index in [4.69, 9.17) is 16.2 Å². The number of carbonyl (C=O) groups excluding carboxylic acids is 3. The van der Waals surface area contributed by atoms with Crippen LogP contribution in [0.4, 0.5) is 0 Å². The summed E-state index contributed by atoms with van der Waals surface area (Å²) in [7, 11) is 0. The normalized spacial score (nSPS) is 46.8. The van der Waals surface area contributed by atoms with Crippen molar-refractivity contribution in [1.82, 2.24) is 10.3 Å². The number of hydrogen-bond acceptors (Lipinski definition) is 12. The van der Waals surface area contributed by atoms with Crippen molar-refractivity contribution >= 4 is 23.5 Å². The molecule has 9 aliphatic rings. The smallest absolute Gasteiger partial charge is 0.314 e. The first-order chi connectivity index (χ1) is 35.1. The van der Waals surface area contributed by atoms with E-state index in [1.165, 1.54) is 12.5 Å². The number of aromatic nitrogens is 1. The Morgan fingerprint density at radius 1 is 1.01 bits per heavy atom. The number of hydrogen-bond donors (Lipinski definition) is 10. The van der Waals surface area contributed by atoms with Crippen molar-refractivity contribution in [2.75, 3.05) is 13.2 Å². The molecule has 5 fully saturated rings. The molecule has 0 amide bonds. The average molecular weight is 1020 g/mol. The molecule has 1 aliphatic heterocycles. The van der Waals surface area contributed by atoms with Crippen molar-refractivity contribution in [3.8, 4) is 11.8 Å². The third kappa shape index (κ3) is 8.28. The maximum atomic E-state index is 15.3. The third-order valence-corrected chi connectivity index (χ3v) is 21.5. The van der Waals surface area contributed by atoms with Crippen LogP contribution in [0.3, 0.4) is 0 Å². The molecular formula is C59H83N5O10. The van der Waals surface area contributed by atoms with Gasteiger partial charge in [0.15, 0.2) is 17.5 Å². The van der Waals surface area contributed by atoms with Gasteiger partial charge in [-0.25, -0.2) is 0 Å². The van der Waals surface area contributed by atoms with Gasteiger partial charge < -0.3 is 57.1 Å². The Morgan fingerprint density at radius 2 is 1.78 bits per heavy atom. The second-order valence-corrected chi connectivity index (χ2v) is 25.4. The summed E-state index contributed by atoms with van der Waals surface area (Å²) in [6, 6.07) is 0.769. The number of rotatable bonds is 10. The van der Waals surface area contributed by atoms with Crippen molar-refractivity contribution in [2.24, 2.45) is 104 Å². The van der Waals surface area contributed by atoms with Gasteiger partial charge in [0.1, 0.15) is 12.1 Å². The summed E-state index contributed by atoms with van der Waals surface area (Å²) in [6.45, 7) is 11.0. The highest BCUT2D eigenvalue weighted by Crippen LogP contribution is 2.72. The number of H-pyrrole nitrogens is 1. The van der Waals surface area contributed by atoms with E-state index in [9.17, 15) is 40.2 Å². The Labute approximate surface area is 436 Å². The summed E-state index contributed by atoms with van der Waals surface area (Å²) in [4.78, 5) is 50.4. The molecule has 8 aliphatic carbocycles. The monoisotopic (exact) mass is 1020 g/mol. The fraction of sp³-hybridized carbons (Fsp3) is 0.729. The number of nitrogens with one attached hydrogen (secondary N) is 2. The second kappa shape index (κ2) is 19.6. The van der Waals surface area contributed by atoms with Gasteiger partial charge in [0.05, 0.1) is 47.7 Å². The number of ether oxygens (including phenoxy) is 1. The molecule has 4 bridgehead atoms. The van der Waals surface area contributed by atoms with E-state index < -0.39 is 100 Å². The number of esters is 1. The van der Waals surface area contributed by atoms with Gasteiger partial charge in [-0.2, -0.15) is 0 Å². The number of allylic oxidation sites excluding steroid dienone is 5. The zero-order valence-corrected chi connectivity index (χ0v) is 44.3. The minimum absolute atomic E-state index is 0.00975. The van der Waals surface area contributed by atoms with Crippen molar-refractivity contribution < 1.29 is 49.8 Å². The summed E-state index contributed by atoms with van der Waals surface area (Å²) in [5.74, 6) is 3.39. The lowest BCUT2D eigenvalue weighted by Gasteiger charge is -2.62. The van der Waals surface area contributed by atoms with Gasteiger partial charge in [-0.05, 0) is 160 Å². The van der Waals surface area contributed by atoms with Gasteiger partial charge >= 0.3 is 5.97 Å². The van der Waals surface area contributed by atoms with Crippen LogP contribution in [-0.2, 0) is 19.1 Å². The topological polar surface area (TPSA) is 274 Å². The van der Waals surface area contributed by atoms with Gasteiger partial charge in [-0.1, -0.05) is 57.4 Å². The van der Waals surface area contributed by atoms with Crippen LogP contribution >= 0.6 is 0 Å². The molecule has 4 saturated carbocycles. The molecule has 12 N–H and O–H groups in total. The molecule has 1 aromatic rings. The van der Waals surface area contributed by atoms with E-state index in [1.807, 2.05) is 25.4 Å². The van der Waals surface area contributed by atoms with Crippen molar-refractivity contribution in [3.63, 3.8) is 0 Å².